The molecule has 2 aliphatic rings. The molecule has 0 bridgehead atoms. The topological polar surface area (TPSA) is 86.7 Å². The van der Waals surface area contributed by atoms with Crippen LogP contribution in [0.4, 0.5) is 79.0 Å². The van der Waals surface area contributed by atoms with E-state index < -0.39 is 207 Å². The van der Waals surface area contributed by atoms with Gasteiger partial charge in [-0.1, -0.05) is 36.4 Å². The van der Waals surface area contributed by atoms with Gasteiger partial charge in [0.25, 0.3) is 0 Å². The third kappa shape index (κ3) is 8.01. The van der Waals surface area contributed by atoms with Crippen molar-refractivity contribution in [3.63, 3.8) is 0 Å². The average Bonchev–Trinajstić information content (AvgIpc) is 3.26. The number of benzene rings is 7. The number of rotatable bonds is 4. The van der Waals surface area contributed by atoms with Gasteiger partial charge < -0.3 is 9.47 Å². The summed E-state index contributed by atoms with van der Waals surface area (Å²) in [5.74, 6) is -5.35. The van der Waals surface area contributed by atoms with Crippen molar-refractivity contribution in [3.8, 4) is 44.5 Å². The van der Waals surface area contributed by atoms with E-state index in [2.05, 4.69) is 9.47 Å². The lowest BCUT2D eigenvalue weighted by molar-refractivity contribution is -0.142. The molecule has 0 saturated heterocycles. The summed E-state index contributed by atoms with van der Waals surface area (Å²) in [4.78, 5) is 50.0. The molecule has 0 unspecified atom stereocenters. The van der Waals surface area contributed by atoms with Gasteiger partial charge in [0.2, 0.25) is 0 Å². The van der Waals surface area contributed by atoms with E-state index in [1.165, 1.54) is 0 Å². The number of hydrogen-bond acceptors (Lipinski definition) is 6. The summed E-state index contributed by atoms with van der Waals surface area (Å²) in [6.07, 6.45) is -36.6. The molecular weight excluding hydrogens is 1010 g/mol. The first-order chi connectivity index (χ1) is 33.2. The summed E-state index contributed by atoms with van der Waals surface area (Å²) in [6.45, 7) is 0. The van der Waals surface area contributed by atoms with Gasteiger partial charge in [-0.25, -0.2) is 19.2 Å². The van der Waals surface area contributed by atoms with Crippen LogP contribution in [0.15, 0.2) is 97.1 Å². The van der Waals surface area contributed by atoms with Crippen molar-refractivity contribution in [1.82, 2.24) is 0 Å². The number of hydrogen-bond donors (Lipinski definition) is 0. The van der Waals surface area contributed by atoms with E-state index in [9.17, 15) is 19.2 Å². The van der Waals surface area contributed by atoms with Crippen molar-refractivity contribution in [2.24, 2.45) is 0 Å². The monoisotopic (exact) mass is 1030 g/mol. The summed E-state index contributed by atoms with van der Waals surface area (Å²) in [6, 6.07) is 5.03. The number of esters is 4. The second-order valence-electron chi connectivity index (χ2n) is 15.9. The first-order valence-corrected chi connectivity index (χ1v) is 19.8. The van der Waals surface area contributed by atoms with E-state index in [-0.39, 0.29) is 12.1 Å². The summed E-state index contributed by atoms with van der Waals surface area (Å²) < 4.78 is 282. The Kier molecular flexibility index (Phi) is 10.8. The van der Waals surface area contributed by atoms with E-state index in [4.69, 9.17) is 0 Å². The second kappa shape index (κ2) is 15.8. The highest BCUT2D eigenvalue weighted by Gasteiger charge is 2.48. The molecule has 72 heavy (non-hydrogen) atoms. The van der Waals surface area contributed by atoms with E-state index in [1.807, 2.05) is 0 Å². The van der Waals surface area contributed by atoms with Crippen LogP contribution in [0.25, 0.3) is 66.1 Å². The Bertz CT molecular complexity index is 3300. The zero-order valence-corrected chi connectivity index (χ0v) is 34.5. The Morgan fingerprint density at radius 1 is 0.250 bits per heavy atom. The molecule has 0 N–H and O–H groups in total. The van der Waals surface area contributed by atoms with Crippen LogP contribution >= 0.6 is 0 Å². The zero-order chi connectivity index (χ0) is 52.7. The lowest BCUT2D eigenvalue weighted by Crippen LogP contribution is -2.20. The van der Waals surface area contributed by atoms with Crippen molar-refractivity contribution < 1.29 is 108 Å². The van der Waals surface area contributed by atoms with Crippen LogP contribution in [0.1, 0.15) is 74.8 Å². The summed E-state index contributed by atoms with van der Waals surface area (Å²) in [5.41, 5.74) is -30.9. The van der Waals surface area contributed by atoms with Crippen molar-refractivity contribution in [1.29, 1.82) is 0 Å². The quantitative estimate of drug-likeness (QED) is 0.0992. The third-order valence-corrected chi connectivity index (χ3v) is 11.8. The molecule has 0 radical (unpaired) electrons. The van der Waals surface area contributed by atoms with Crippen molar-refractivity contribution in [2.45, 2.75) is 37.1 Å². The second-order valence-corrected chi connectivity index (χ2v) is 15.9. The molecule has 0 amide bonds. The third-order valence-electron chi connectivity index (χ3n) is 11.8. The molecule has 7 aromatic carbocycles. The lowest BCUT2D eigenvalue weighted by Gasteiger charge is -2.26. The van der Waals surface area contributed by atoms with E-state index >= 15 is 79.0 Å². The van der Waals surface area contributed by atoms with Gasteiger partial charge in [0, 0.05) is 10.8 Å². The molecule has 0 atom stereocenters. The Hall–Kier alpha value is -7.92. The normalized spacial score (nSPS) is 14.6. The largest absolute Gasteiger partial charge is 0.417 e. The first-order valence-electron chi connectivity index (χ1n) is 19.8. The smallest absolute Gasteiger partial charge is 0.386 e. The van der Waals surface area contributed by atoms with Crippen molar-refractivity contribution >= 4 is 45.4 Å². The van der Waals surface area contributed by atoms with Gasteiger partial charge >= 0.3 is 60.9 Å². The molecule has 9 rings (SSSR count). The van der Waals surface area contributed by atoms with Crippen LogP contribution in [0.3, 0.4) is 0 Å². The first kappa shape index (κ1) is 49.1. The molecule has 0 aliphatic carbocycles. The Balaban J connectivity index is 1.36. The fourth-order valence-electron chi connectivity index (χ4n) is 8.90. The maximum absolute atomic E-state index is 15.2. The highest BCUT2D eigenvalue weighted by molar-refractivity contribution is 6.24. The van der Waals surface area contributed by atoms with E-state index in [1.54, 1.807) is 0 Å². The number of ether oxygens (including phenoxy) is 2. The number of halogens is 18. The molecule has 370 valence electrons. The van der Waals surface area contributed by atoms with Gasteiger partial charge in [-0.05, 0) is 116 Å². The molecule has 2 heterocycles. The molecule has 0 saturated carbocycles. The van der Waals surface area contributed by atoms with E-state index in [0.717, 1.165) is 48.5 Å². The maximum atomic E-state index is 15.2. The number of carbonyl (C=O) groups excluding carboxylic acids is 4. The molecule has 2 aliphatic heterocycles. The predicted octanol–water partition coefficient (Wildman–Crippen LogP) is 15.4. The molecule has 7 aromatic rings. The van der Waals surface area contributed by atoms with Gasteiger partial charge in [-0.2, -0.15) is 79.0 Å². The van der Waals surface area contributed by atoms with Crippen LogP contribution in [0.5, 0.6) is 0 Å². The average molecular weight is 1030 g/mol. The van der Waals surface area contributed by atoms with Gasteiger partial charge in [-0.3, -0.25) is 0 Å². The lowest BCUT2D eigenvalue weighted by atomic mass is 9.82. The van der Waals surface area contributed by atoms with Crippen molar-refractivity contribution in [3.05, 3.63) is 153 Å². The number of cyclic esters (lactones) is 4. The van der Waals surface area contributed by atoms with Crippen LogP contribution in [0, 0.1) is 0 Å². The summed E-state index contributed by atoms with van der Waals surface area (Å²) >= 11 is 0. The molecule has 0 fully saturated rings. The number of carbonyl (C=O) groups is 4. The van der Waals surface area contributed by atoms with Gasteiger partial charge in [0.05, 0.1) is 55.6 Å². The van der Waals surface area contributed by atoms with Crippen LogP contribution in [-0.2, 0) is 46.5 Å². The van der Waals surface area contributed by atoms with E-state index in [0.29, 0.717) is 12.1 Å². The fourth-order valence-corrected chi connectivity index (χ4v) is 8.90. The van der Waals surface area contributed by atoms with Crippen LogP contribution in [-0.4, -0.2) is 23.9 Å². The van der Waals surface area contributed by atoms with Crippen LogP contribution in [0.2, 0.25) is 0 Å². The van der Waals surface area contributed by atoms with Crippen molar-refractivity contribution in [2.75, 3.05) is 0 Å². The Morgan fingerprint density at radius 2 is 0.444 bits per heavy atom. The SMILES string of the molecule is O=C1OC(=O)c2ccc(-c3cc(C(F)(F)F)c(-c4cc(C(F)(F)F)c(-c5cc(C(F)(F)F)c(-c6ccc7c8c(cccc68)C(=O)OC7=O)cc5C(F)(F)F)cc4C(F)(F)F)cc3C(F)(F)F)c3cccc1c23. The highest BCUT2D eigenvalue weighted by Crippen LogP contribution is 2.55. The highest BCUT2D eigenvalue weighted by atomic mass is 19.4. The van der Waals surface area contributed by atoms with Gasteiger partial charge in [-0.15, -0.1) is 0 Å². The molecular formula is C48H16F18O6. The minimum Gasteiger partial charge on any atom is -0.386 e. The van der Waals surface area contributed by atoms with Crippen LogP contribution < -0.4 is 0 Å². The fraction of sp³-hybridized carbons (Fsp3) is 0.125. The maximum Gasteiger partial charge on any atom is 0.417 e. The minimum atomic E-state index is -6.31. The predicted molar refractivity (Wildman–Crippen MR) is 213 cm³/mol. The Morgan fingerprint density at radius 3 is 0.667 bits per heavy atom. The summed E-state index contributed by atoms with van der Waals surface area (Å²) in [5, 5.41) is -1.91. The summed E-state index contributed by atoms with van der Waals surface area (Å²) in [7, 11) is 0. The van der Waals surface area contributed by atoms with Gasteiger partial charge in [0.1, 0.15) is 0 Å². The molecule has 0 spiro atoms. The number of alkyl halides is 18. The minimum absolute atomic E-state index is 0.386. The standard InChI is InChI=1S/C48H16F18O6/c49-43(50,51)31-13-27(33(45(55,56)57)11-25(31)17-7-9-23-37-19(17)3-1-5-21(37)39(67)71-41(23)69)29-15-36(48(64,65)66)30(16-35(29)47(61,62)63)28-14-32(44(52,53)54)26(12-34(28)46(58,59)60)18-8-10-24-38-20(18)4-2-6-22(38)40(68)72-42(24)70/h1-16H. The van der Waals surface area contributed by atoms with Gasteiger partial charge in [0.15, 0.2) is 0 Å². The molecule has 0 aromatic heterocycles. The zero-order valence-electron chi connectivity index (χ0n) is 34.5. The molecule has 6 nitrogen and oxygen atoms in total. The molecule has 24 heteroatoms. The Labute approximate surface area is 387 Å².